The fraction of sp³-hybridized carbons (Fsp3) is 0.0833. The van der Waals surface area contributed by atoms with Gasteiger partial charge in [0.15, 0.2) is 0 Å². The van der Waals surface area contributed by atoms with E-state index in [1.807, 2.05) is 30.3 Å². The van der Waals surface area contributed by atoms with Crippen molar-refractivity contribution in [2.75, 3.05) is 0 Å². The molecule has 16 heavy (non-hydrogen) atoms. The van der Waals surface area contributed by atoms with Crippen molar-refractivity contribution in [1.82, 2.24) is 4.98 Å². The summed E-state index contributed by atoms with van der Waals surface area (Å²) >= 11 is 11.6. The molecule has 0 amide bonds. The maximum atomic E-state index is 5.90. The second-order valence-electron chi connectivity index (χ2n) is 3.16. The zero-order valence-electron chi connectivity index (χ0n) is 8.36. The van der Waals surface area contributed by atoms with Crippen LogP contribution in [0.4, 0.5) is 0 Å². The van der Waals surface area contributed by atoms with Crippen LogP contribution < -0.4 is 4.74 Å². The lowest BCUT2D eigenvalue weighted by atomic mass is 10.3. The SMILES string of the molecule is ClCc1cc(Oc2ccccc2)ncc1Cl. The molecule has 0 bridgehead atoms. The molecule has 82 valence electrons. The number of benzene rings is 1. The predicted octanol–water partition coefficient (Wildman–Crippen LogP) is 4.27. The monoisotopic (exact) mass is 253 g/mol. The van der Waals surface area contributed by atoms with Crippen LogP contribution in [0.2, 0.25) is 5.02 Å². The molecule has 0 aliphatic rings. The normalized spacial score (nSPS) is 10.1. The molecule has 0 aliphatic carbocycles. The van der Waals surface area contributed by atoms with Gasteiger partial charge in [-0.05, 0) is 17.7 Å². The van der Waals surface area contributed by atoms with Crippen molar-refractivity contribution < 1.29 is 4.74 Å². The van der Waals surface area contributed by atoms with Gasteiger partial charge < -0.3 is 4.74 Å². The minimum atomic E-state index is 0.340. The van der Waals surface area contributed by atoms with Gasteiger partial charge in [-0.25, -0.2) is 4.98 Å². The summed E-state index contributed by atoms with van der Waals surface area (Å²) in [5.74, 6) is 1.57. The number of hydrogen-bond acceptors (Lipinski definition) is 2. The topological polar surface area (TPSA) is 22.1 Å². The first-order chi connectivity index (χ1) is 7.79. The molecule has 4 heteroatoms. The molecule has 1 heterocycles. The van der Waals surface area contributed by atoms with Crippen LogP contribution in [0.15, 0.2) is 42.6 Å². The van der Waals surface area contributed by atoms with Gasteiger partial charge in [0.1, 0.15) is 5.75 Å². The van der Waals surface area contributed by atoms with E-state index in [-0.39, 0.29) is 0 Å². The molecule has 0 unspecified atom stereocenters. The van der Waals surface area contributed by atoms with E-state index in [1.165, 1.54) is 6.20 Å². The third-order valence-electron chi connectivity index (χ3n) is 2.02. The number of halogens is 2. The van der Waals surface area contributed by atoms with Gasteiger partial charge >= 0.3 is 0 Å². The summed E-state index contributed by atoms with van der Waals surface area (Å²) in [6.07, 6.45) is 1.54. The van der Waals surface area contributed by atoms with Crippen molar-refractivity contribution in [3.05, 3.63) is 53.2 Å². The zero-order chi connectivity index (χ0) is 11.4. The molecule has 0 aliphatic heterocycles. The fourth-order valence-electron chi connectivity index (χ4n) is 1.23. The van der Waals surface area contributed by atoms with Gasteiger partial charge in [0, 0.05) is 18.1 Å². The van der Waals surface area contributed by atoms with E-state index in [0.717, 1.165) is 11.3 Å². The molecular weight excluding hydrogens is 245 g/mol. The average Bonchev–Trinajstić information content (AvgIpc) is 2.33. The third-order valence-corrected chi connectivity index (χ3v) is 2.65. The second kappa shape index (κ2) is 5.19. The van der Waals surface area contributed by atoms with Gasteiger partial charge in [-0.3, -0.25) is 0 Å². The number of alkyl halides is 1. The Labute approximate surface area is 104 Å². The highest BCUT2D eigenvalue weighted by Gasteiger charge is 2.03. The van der Waals surface area contributed by atoms with E-state index in [2.05, 4.69) is 4.98 Å². The van der Waals surface area contributed by atoms with Gasteiger partial charge in [0.05, 0.1) is 5.02 Å². The number of aromatic nitrogens is 1. The van der Waals surface area contributed by atoms with E-state index in [1.54, 1.807) is 6.07 Å². The molecule has 0 spiro atoms. The zero-order valence-corrected chi connectivity index (χ0v) is 9.87. The average molecular weight is 254 g/mol. The van der Waals surface area contributed by atoms with Crippen LogP contribution in [-0.4, -0.2) is 4.98 Å². The number of nitrogens with zero attached hydrogens (tertiary/aromatic N) is 1. The molecule has 1 aromatic heterocycles. The number of rotatable bonds is 3. The van der Waals surface area contributed by atoms with Crippen molar-refractivity contribution in [3.63, 3.8) is 0 Å². The molecule has 1 aromatic carbocycles. The van der Waals surface area contributed by atoms with Gasteiger partial charge in [0.25, 0.3) is 0 Å². The van der Waals surface area contributed by atoms with Crippen LogP contribution in [0.5, 0.6) is 11.6 Å². The number of ether oxygens (including phenoxy) is 1. The van der Waals surface area contributed by atoms with E-state index in [4.69, 9.17) is 27.9 Å². The Bertz CT molecular complexity index is 474. The minimum Gasteiger partial charge on any atom is -0.439 e. The van der Waals surface area contributed by atoms with Crippen LogP contribution >= 0.6 is 23.2 Å². The molecule has 0 N–H and O–H groups in total. The summed E-state index contributed by atoms with van der Waals surface area (Å²) in [6.45, 7) is 0. The van der Waals surface area contributed by atoms with Crippen LogP contribution in [0.3, 0.4) is 0 Å². The van der Waals surface area contributed by atoms with E-state index >= 15 is 0 Å². The Kier molecular flexibility index (Phi) is 3.65. The third kappa shape index (κ3) is 2.65. The van der Waals surface area contributed by atoms with E-state index in [9.17, 15) is 0 Å². The number of pyridine rings is 1. The molecule has 2 nitrogen and oxygen atoms in total. The maximum Gasteiger partial charge on any atom is 0.219 e. The van der Waals surface area contributed by atoms with Gasteiger partial charge in [-0.2, -0.15) is 0 Å². The van der Waals surface area contributed by atoms with Crippen LogP contribution in [0.1, 0.15) is 5.56 Å². The predicted molar refractivity (Wildman–Crippen MR) is 65.3 cm³/mol. The Balaban J connectivity index is 2.22. The van der Waals surface area contributed by atoms with Crippen molar-refractivity contribution in [2.24, 2.45) is 0 Å². The minimum absolute atomic E-state index is 0.340. The summed E-state index contributed by atoms with van der Waals surface area (Å²) in [4.78, 5) is 4.07. The standard InChI is InChI=1S/C12H9Cl2NO/c13-7-9-6-12(15-8-11(9)14)16-10-4-2-1-3-5-10/h1-6,8H,7H2. The fourth-order valence-corrected chi connectivity index (χ4v) is 1.69. The van der Waals surface area contributed by atoms with Crippen LogP contribution in [0, 0.1) is 0 Å². The Morgan fingerprint density at radius 2 is 1.94 bits per heavy atom. The molecule has 2 rings (SSSR count). The van der Waals surface area contributed by atoms with Crippen molar-refractivity contribution in [2.45, 2.75) is 5.88 Å². The summed E-state index contributed by atoms with van der Waals surface area (Å²) < 4.78 is 5.55. The summed E-state index contributed by atoms with van der Waals surface area (Å²) in [5, 5.41) is 0.551. The lowest BCUT2D eigenvalue weighted by Gasteiger charge is -2.06. The summed E-state index contributed by atoms with van der Waals surface area (Å²) in [5.41, 5.74) is 0.810. The highest BCUT2D eigenvalue weighted by molar-refractivity contribution is 6.32. The van der Waals surface area contributed by atoms with Gasteiger partial charge in [-0.1, -0.05) is 29.8 Å². The molecule has 0 atom stereocenters. The highest BCUT2D eigenvalue weighted by Crippen LogP contribution is 2.24. The maximum absolute atomic E-state index is 5.90. The van der Waals surface area contributed by atoms with Gasteiger partial charge in [-0.15, -0.1) is 11.6 Å². The Morgan fingerprint density at radius 3 is 2.62 bits per heavy atom. The van der Waals surface area contributed by atoms with Crippen LogP contribution in [-0.2, 0) is 5.88 Å². The second-order valence-corrected chi connectivity index (χ2v) is 3.84. The van der Waals surface area contributed by atoms with Crippen molar-refractivity contribution in [1.29, 1.82) is 0 Å². The number of para-hydroxylation sites is 1. The summed E-state index contributed by atoms with van der Waals surface area (Å²) in [7, 11) is 0. The van der Waals surface area contributed by atoms with Gasteiger partial charge in [0.2, 0.25) is 5.88 Å². The quantitative estimate of drug-likeness (QED) is 0.763. The lowest BCUT2D eigenvalue weighted by molar-refractivity contribution is 0.462. The molecule has 0 saturated heterocycles. The first-order valence-corrected chi connectivity index (χ1v) is 5.64. The van der Waals surface area contributed by atoms with Crippen molar-refractivity contribution in [3.8, 4) is 11.6 Å². The highest BCUT2D eigenvalue weighted by atomic mass is 35.5. The van der Waals surface area contributed by atoms with Crippen LogP contribution in [0.25, 0.3) is 0 Å². The lowest BCUT2D eigenvalue weighted by Crippen LogP contribution is -1.90. The molecule has 0 fully saturated rings. The van der Waals surface area contributed by atoms with E-state index < -0.39 is 0 Å². The summed E-state index contributed by atoms with van der Waals surface area (Å²) in [6, 6.07) is 11.2. The number of hydrogen-bond donors (Lipinski definition) is 0. The first-order valence-electron chi connectivity index (χ1n) is 4.73. The molecule has 0 saturated carbocycles. The Hall–Kier alpha value is -1.25. The van der Waals surface area contributed by atoms with E-state index in [0.29, 0.717) is 16.8 Å². The first kappa shape index (κ1) is 11.2. The molecule has 2 aromatic rings. The Morgan fingerprint density at radius 1 is 1.19 bits per heavy atom. The van der Waals surface area contributed by atoms with Crippen molar-refractivity contribution >= 4 is 23.2 Å². The largest absolute Gasteiger partial charge is 0.439 e. The smallest absolute Gasteiger partial charge is 0.219 e. The molecular formula is C12H9Cl2NO. The molecule has 0 radical (unpaired) electrons.